The Labute approximate surface area is 255 Å². The van der Waals surface area contributed by atoms with Crippen LogP contribution in [0.2, 0.25) is 0 Å². The Hall–Kier alpha value is -3.51. The molecule has 0 bridgehead atoms. The van der Waals surface area contributed by atoms with Crippen molar-refractivity contribution < 1.29 is 46.4 Å². The van der Waals surface area contributed by atoms with E-state index in [4.69, 9.17) is 14.2 Å². The maximum atomic E-state index is 14.9. The van der Waals surface area contributed by atoms with Crippen molar-refractivity contribution in [1.29, 1.82) is 0 Å². The zero-order valence-corrected chi connectivity index (χ0v) is 25.1. The topological polar surface area (TPSA) is 130 Å². The van der Waals surface area contributed by atoms with E-state index < -0.39 is 65.8 Å². The average molecular weight is 689 g/mol. The normalized spacial score (nSPS) is 23.1. The maximum absolute atomic E-state index is 14.9. The number of rotatable bonds is 7. The maximum Gasteiger partial charge on any atom is 0.435 e. The summed E-state index contributed by atoms with van der Waals surface area (Å²) in [6.45, 7) is 2.85. The van der Waals surface area contributed by atoms with Gasteiger partial charge in [0.05, 0.1) is 25.1 Å². The molecule has 0 saturated carbocycles. The van der Waals surface area contributed by atoms with Crippen molar-refractivity contribution in [2.75, 3.05) is 14.2 Å². The molecule has 0 spiro atoms. The van der Waals surface area contributed by atoms with Gasteiger partial charge in [-0.25, -0.2) is 19.0 Å². The van der Waals surface area contributed by atoms with E-state index in [9.17, 15) is 32.2 Å². The van der Waals surface area contributed by atoms with E-state index in [-0.39, 0.29) is 33.0 Å². The Balaban J connectivity index is 1.62. The Morgan fingerprint density at radius 2 is 1.86 bits per heavy atom. The number of aryl methyl sites for hydroxylation is 1. The number of nitrogens with zero attached hydrogens (tertiary/aromatic N) is 6. The molecule has 44 heavy (non-hydrogen) atoms. The lowest BCUT2D eigenvalue weighted by molar-refractivity contribution is -0.230. The highest BCUT2D eigenvalue weighted by Gasteiger charge is 2.51. The first-order valence-electron chi connectivity index (χ1n) is 13.0. The summed E-state index contributed by atoms with van der Waals surface area (Å²) < 4.78 is 90.1. The predicted molar refractivity (Wildman–Crippen MR) is 146 cm³/mol. The highest BCUT2D eigenvalue weighted by molar-refractivity contribution is 9.10. The fourth-order valence-corrected chi connectivity index (χ4v) is 5.55. The van der Waals surface area contributed by atoms with Gasteiger partial charge in [-0.05, 0) is 48.0 Å². The lowest BCUT2D eigenvalue weighted by atomic mass is 9.89. The molecule has 1 saturated heterocycles. The predicted octanol–water partition coefficient (Wildman–Crippen LogP) is 4.34. The SMILES string of the molecule is COc1ccc(-c2cnn(C3C(O)[C@H](c4nc(C)nn4-c4cc(Br)cnc4C(F)(F)F)OC(C(C)O)[C@@H]3OC)c2)c(F)c1F. The Kier molecular flexibility index (Phi) is 8.78. The number of aliphatic hydroxyl groups is 2. The number of hydrogen-bond acceptors (Lipinski definition) is 9. The van der Waals surface area contributed by atoms with Crippen LogP contribution in [0, 0.1) is 18.6 Å². The summed E-state index contributed by atoms with van der Waals surface area (Å²) in [5.74, 6) is -2.86. The minimum absolute atomic E-state index is 0.0568. The monoisotopic (exact) mass is 688 g/mol. The molecule has 236 valence electrons. The third kappa shape index (κ3) is 5.69. The zero-order valence-electron chi connectivity index (χ0n) is 23.5. The summed E-state index contributed by atoms with van der Waals surface area (Å²) in [5, 5.41) is 30.8. The van der Waals surface area contributed by atoms with Crippen molar-refractivity contribution in [3.8, 4) is 22.6 Å². The number of aliphatic hydroxyl groups excluding tert-OH is 2. The molecule has 4 heterocycles. The summed E-state index contributed by atoms with van der Waals surface area (Å²) in [5.41, 5.74) is -1.76. The van der Waals surface area contributed by atoms with Crippen molar-refractivity contribution in [2.45, 2.75) is 56.6 Å². The van der Waals surface area contributed by atoms with Gasteiger partial charge in [0.1, 0.15) is 36.3 Å². The van der Waals surface area contributed by atoms with Crippen LogP contribution in [0.15, 0.2) is 41.3 Å². The number of alkyl halides is 3. The molecule has 3 aromatic heterocycles. The van der Waals surface area contributed by atoms with E-state index in [0.717, 1.165) is 16.9 Å². The number of hydrogen-bond donors (Lipinski definition) is 2. The molecule has 1 aliphatic rings. The van der Waals surface area contributed by atoms with Crippen LogP contribution < -0.4 is 4.74 Å². The molecular formula is C27H26BrF5N6O5. The Morgan fingerprint density at radius 1 is 1.14 bits per heavy atom. The van der Waals surface area contributed by atoms with Gasteiger partial charge in [-0.3, -0.25) is 4.68 Å². The first kappa shape index (κ1) is 31.9. The summed E-state index contributed by atoms with van der Waals surface area (Å²) in [4.78, 5) is 7.80. The highest BCUT2D eigenvalue weighted by atomic mass is 79.9. The highest BCUT2D eigenvalue weighted by Crippen LogP contribution is 2.42. The van der Waals surface area contributed by atoms with E-state index in [1.54, 1.807) is 0 Å². The third-order valence-corrected chi connectivity index (χ3v) is 7.61. The zero-order chi connectivity index (χ0) is 32.1. The van der Waals surface area contributed by atoms with Crippen molar-refractivity contribution in [3.63, 3.8) is 0 Å². The van der Waals surface area contributed by atoms with Crippen LogP contribution in [0.4, 0.5) is 22.0 Å². The van der Waals surface area contributed by atoms with Gasteiger partial charge in [-0.2, -0.15) is 27.8 Å². The minimum Gasteiger partial charge on any atom is -0.494 e. The van der Waals surface area contributed by atoms with Gasteiger partial charge in [0.2, 0.25) is 5.82 Å². The average Bonchev–Trinajstić information content (AvgIpc) is 3.60. The quantitative estimate of drug-likeness (QED) is 0.273. The van der Waals surface area contributed by atoms with Crippen LogP contribution in [0.3, 0.4) is 0 Å². The number of methoxy groups -OCH3 is 2. The molecule has 0 aliphatic carbocycles. The van der Waals surface area contributed by atoms with Crippen molar-refractivity contribution in [2.24, 2.45) is 0 Å². The molecule has 1 fully saturated rings. The summed E-state index contributed by atoms with van der Waals surface area (Å²) in [6, 6.07) is 2.52. The van der Waals surface area contributed by atoms with Gasteiger partial charge >= 0.3 is 6.18 Å². The molecule has 2 N–H and O–H groups in total. The second kappa shape index (κ2) is 12.1. The fourth-order valence-electron chi connectivity index (χ4n) is 5.23. The molecule has 11 nitrogen and oxygen atoms in total. The van der Waals surface area contributed by atoms with Gasteiger partial charge in [0.15, 0.2) is 23.1 Å². The minimum atomic E-state index is -4.87. The van der Waals surface area contributed by atoms with Crippen LogP contribution in [-0.4, -0.2) is 78.4 Å². The first-order valence-corrected chi connectivity index (χ1v) is 13.8. The number of pyridine rings is 1. The van der Waals surface area contributed by atoms with E-state index in [2.05, 4.69) is 36.1 Å². The van der Waals surface area contributed by atoms with Gasteiger partial charge < -0.3 is 24.4 Å². The molecule has 1 aliphatic heterocycles. The van der Waals surface area contributed by atoms with E-state index in [1.807, 2.05) is 0 Å². The number of benzene rings is 1. The molecule has 5 rings (SSSR count). The van der Waals surface area contributed by atoms with Gasteiger partial charge in [0.25, 0.3) is 0 Å². The van der Waals surface area contributed by atoms with Crippen LogP contribution in [0.5, 0.6) is 5.75 Å². The molecular weight excluding hydrogens is 663 g/mol. The second-order valence-electron chi connectivity index (χ2n) is 10.0. The standard InChI is InChI=1S/C27H26BrF5N6O5/c1-11(40)22-23(43-4)20(38-10-13(8-35-38)15-5-6-17(42-3)19(30)18(15)29)21(41)24(44-22)26-36-12(2)37-39(26)16-7-14(28)9-34-25(16)27(31,32)33/h5-11,20-24,40-41H,1-4H3/t11?,20?,21?,22?,23-,24-/m1/s1. The van der Waals surface area contributed by atoms with E-state index in [0.29, 0.717) is 0 Å². The van der Waals surface area contributed by atoms with Crippen molar-refractivity contribution >= 4 is 15.9 Å². The van der Waals surface area contributed by atoms with Crippen LogP contribution >= 0.6 is 15.9 Å². The lowest BCUT2D eigenvalue weighted by Crippen LogP contribution is -2.56. The third-order valence-electron chi connectivity index (χ3n) is 7.18. The Morgan fingerprint density at radius 3 is 2.50 bits per heavy atom. The van der Waals surface area contributed by atoms with Crippen LogP contribution in [0.25, 0.3) is 16.8 Å². The van der Waals surface area contributed by atoms with Gasteiger partial charge in [-0.1, -0.05) is 0 Å². The Bertz CT molecular complexity index is 1660. The summed E-state index contributed by atoms with van der Waals surface area (Å²) >= 11 is 3.13. The van der Waals surface area contributed by atoms with Crippen molar-refractivity contribution in [3.05, 3.63) is 70.2 Å². The molecule has 0 amide bonds. The lowest BCUT2D eigenvalue weighted by Gasteiger charge is -2.45. The largest absolute Gasteiger partial charge is 0.494 e. The molecule has 1 aromatic carbocycles. The summed E-state index contributed by atoms with van der Waals surface area (Å²) in [6.07, 6.45) is -7.84. The molecule has 0 radical (unpaired) electrons. The molecule has 6 atom stereocenters. The fraction of sp³-hybridized carbons (Fsp3) is 0.407. The van der Waals surface area contributed by atoms with Gasteiger partial charge in [-0.15, -0.1) is 0 Å². The van der Waals surface area contributed by atoms with Crippen LogP contribution in [-0.2, 0) is 15.7 Å². The second-order valence-corrected chi connectivity index (χ2v) is 11.0. The number of halogens is 6. The molecule has 4 aromatic rings. The van der Waals surface area contributed by atoms with Crippen LogP contribution in [0.1, 0.15) is 36.4 Å². The van der Waals surface area contributed by atoms with Crippen molar-refractivity contribution in [1.82, 2.24) is 29.5 Å². The number of aromatic nitrogens is 6. The smallest absolute Gasteiger partial charge is 0.435 e. The molecule has 4 unspecified atom stereocenters. The first-order chi connectivity index (χ1) is 20.8. The van der Waals surface area contributed by atoms with E-state index in [1.165, 1.54) is 57.3 Å². The number of ether oxygens (including phenoxy) is 3. The summed E-state index contributed by atoms with van der Waals surface area (Å²) in [7, 11) is 2.50. The van der Waals surface area contributed by atoms with Gasteiger partial charge in [0, 0.05) is 35.1 Å². The molecule has 17 heteroatoms. The van der Waals surface area contributed by atoms with E-state index >= 15 is 0 Å².